The molecule has 2 rings (SSSR count). The highest BCUT2D eigenvalue weighted by atomic mass is 15.2. The highest BCUT2D eigenvalue weighted by Crippen LogP contribution is 2.34. The van der Waals surface area contributed by atoms with Gasteiger partial charge in [0.1, 0.15) is 0 Å². The second-order valence-electron chi connectivity index (χ2n) is 6.01. The fraction of sp³-hybridized carbons (Fsp3) is 0.556. The lowest BCUT2D eigenvalue weighted by Gasteiger charge is -2.36. The second kappa shape index (κ2) is 6.11. The molecule has 0 bridgehead atoms. The molecular formula is C18H28N2. The zero-order valence-electron chi connectivity index (χ0n) is 13.6. The van der Waals surface area contributed by atoms with Crippen LogP contribution in [0.2, 0.25) is 0 Å². The van der Waals surface area contributed by atoms with Gasteiger partial charge in [-0.25, -0.2) is 0 Å². The molecule has 0 aromatic heterocycles. The maximum Gasteiger partial charge on any atom is 0.0535 e. The molecule has 1 heterocycles. The van der Waals surface area contributed by atoms with Crippen LogP contribution in [-0.2, 0) is 0 Å². The molecule has 0 aliphatic carbocycles. The first-order valence-corrected chi connectivity index (χ1v) is 7.63. The van der Waals surface area contributed by atoms with Crippen LogP contribution in [0.1, 0.15) is 39.4 Å². The number of nitrogens with zero attached hydrogens (tertiary/aromatic N) is 1. The first kappa shape index (κ1) is 15.3. The van der Waals surface area contributed by atoms with E-state index < -0.39 is 0 Å². The monoisotopic (exact) mass is 272 g/mol. The molecule has 0 amide bonds. The summed E-state index contributed by atoms with van der Waals surface area (Å²) in [6, 6.07) is 0.343. The molecule has 1 aliphatic rings. The van der Waals surface area contributed by atoms with Gasteiger partial charge in [-0.05, 0) is 68.0 Å². The molecule has 1 aromatic carbocycles. The average molecular weight is 272 g/mol. The smallest absolute Gasteiger partial charge is 0.0535 e. The standard InChI is InChI=1S/C18H28N2/c1-7-17(20-10-8-19-9-11-20)18-15(5)13(3)12(2)14(4)16(18)6/h7,17,19H,1,8-11H2,2-6H3/t17-/m0/s1. The van der Waals surface area contributed by atoms with Crippen LogP contribution in [0.3, 0.4) is 0 Å². The summed E-state index contributed by atoms with van der Waals surface area (Å²) in [4.78, 5) is 2.55. The zero-order valence-corrected chi connectivity index (χ0v) is 13.6. The van der Waals surface area contributed by atoms with Gasteiger partial charge in [-0.2, -0.15) is 0 Å². The zero-order chi connectivity index (χ0) is 14.9. The van der Waals surface area contributed by atoms with Crippen LogP contribution in [0.5, 0.6) is 0 Å². The molecule has 20 heavy (non-hydrogen) atoms. The Bertz CT molecular complexity index is 482. The highest BCUT2D eigenvalue weighted by molar-refractivity contribution is 5.51. The van der Waals surface area contributed by atoms with Gasteiger partial charge in [0.2, 0.25) is 0 Å². The lowest BCUT2D eigenvalue weighted by Crippen LogP contribution is -2.45. The maximum atomic E-state index is 4.11. The number of rotatable bonds is 3. The van der Waals surface area contributed by atoms with Gasteiger partial charge in [-0.15, -0.1) is 6.58 Å². The Kier molecular flexibility index (Phi) is 4.66. The molecular weight excluding hydrogens is 244 g/mol. The highest BCUT2D eigenvalue weighted by Gasteiger charge is 2.24. The summed E-state index contributed by atoms with van der Waals surface area (Å²) < 4.78 is 0. The van der Waals surface area contributed by atoms with E-state index in [-0.39, 0.29) is 0 Å². The lowest BCUT2D eigenvalue weighted by atomic mass is 9.85. The molecule has 1 atom stereocenters. The fourth-order valence-electron chi connectivity index (χ4n) is 3.38. The van der Waals surface area contributed by atoms with E-state index in [0.29, 0.717) is 6.04 Å². The van der Waals surface area contributed by atoms with E-state index in [4.69, 9.17) is 0 Å². The maximum absolute atomic E-state index is 4.11. The Hall–Kier alpha value is -1.12. The van der Waals surface area contributed by atoms with E-state index in [1.807, 2.05) is 0 Å². The van der Waals surface area contributed by atoms with E-state index in [1.165, 1.54) is 33.4 Å². The van der Waals surface area contributed by atoms with E-state index in [1.54, 1.807) is 0 Å². The van der Waals surface area contributed by atoms with Crippen LogP contribution >= 0.6 is 0 Å². The van der Waals surface area contributed by atoms with Gasteiger partial charge in [-0.3, -0.25) is 4.90 Å². The molecule has 0 unspecified atom stereocenters. The van der Waals surface area contributed by atoms with Crippen molar-refractivity contribution in [1.82, 2.24) is 10.2 Å². The van der Waals surface area contributed by atoms with Crippen molar-refractivity contribution in [3.63, 3.8) is 0 Å². The van der Waals surface area contributed by atoms with E-state index in [9.17, 15) is 0 Å². The predicted octanol–water partition coefficient (Wildman–Crippen LogP) is 3.36. The summed E-state index contributed by atoms with van der Waals surface area (Å²) in [6.07, 6.45) is 2.12. The fourth-order valence-corrected chi connectivity index (χ4v) is 3.38. The summed E-state index contributed by atoms with van der Waals surface area (Å²) in [6.45, 7) is 19.7. The molecule has 1 aliphatic heterocycles. The molecule has 1 fully saturated rings. The first-order valence-electron chi connectivity index (χ1n) is 7.63. The Labute approximate surface area is 123 Å². The quantitative estimate of drug-likeness (QED) is 0.849. The number of nitrogens with one attached hydrogen (secondary N) is 1. The van der Waals surface area contributed by atoms with Crippen LogP contribution in [0.4, 0.5) is 0 Å². The molecule has 110 valence electrons. The van der Waals surface area contributed by atoms with Crippen molar-refractivity contribution in [1.29, 1.82) is 0 Å². The van der Waals surface area contributed by atoms with Gasteiger partial charge in [0.15, 0.2) is 0 Å². The van der Waals surface area contributed by atoms with Crippen molar-refractivity contribution in [3.8, 4) is 0 Å². The van der Waals surface area contributed by atoms with Gasteiger partial charge in [-0.1, -0.05) is 6.08 Å². The van der Waals surface area contributed by atoms with Crippen molar-refractivity contribution < 1.29 is 0 Å². The summed E-state index contributed by atoms with van der Waals surface area (Å²) in [5, 5.41) is 3.43. The predicted molar refractivity (Wildman–Crippen MR) is 87.5 cm³/mol. The normalized spacial score (nSPS) is 18.1. The van der Waals surface area contributed by atoms with Gasteiger partial charge < -0.3 is 5.32 Å². The summed E-state index contributed by atoms with van der Waals surface area (Å²) >= 11 is 0. The average Bonchev–Trinajstić information content (AvgIpc) is 2.48. The lowest BCUT2D eigenvalue weighted by molar-refractivity contribution is 0.202. The summed E-state index contributed by atoms with van der Waals surface area (Å²) in [5.41, 5.74) is 8.66. The molecule has 1 saturated heterocycles. The molecule has 1 N–H and O–H groups in total. The van der Waals surface area contributed by atoms with Crippen LogP contribution in [-0.4, -0.2) is 31.1 Å². The molecule has 2 heteroatoms. The molecule has 2 nitrogen and oxygen atoms in total. The largest absolute Gasteiger partial charge is 0.314 e. The Balaban J connectivity index is 2.51. The van der Waals surface area contributed by atoms with Crippen molar-refractivity contribution in [2.45, 2.75) is 40.7 Å². The minimum absolute atomic E-state index is 0.343. The van der Waals surface area contributed by atoms with E-state index >= 15 is 0 Å². The van der Waals surface area contributed by atoms with Gasteiger partial charge in [0.25, 0.3) is 0 Å². The van der Waals surface area contributed by atoms with E-state index in [2.05, 4.69) is 57.5 Å². The third-order valence-electron chi connectivity index (χ3n) is 5.12. The Morgan fingerprint density at radius 1 is 0.900 bits per heavy atom. The van der Waals surface area contributed by atoms with Crippen LogP contribution in [0.15, 0.2) is 12.7 Å². The minimum Gasteiger partial charge on any atom is -0.314 e. The van der Waals surface area contributed by atoms with Crippen LogP contribution < -0.4 is 5.32 Å². The molecule has 0 radical (unpaired) electrons. The number of benzene rings is 1. The second-order valence-corrected chi connectivity index (χ2v) is 6.01. The van der Waals surface area contributed by atoms with Gasteiger partial charge in [0, 0.05) is 26.2 Å². The van der Waals surface area contributed by atoms with Crippen molar-refractivity contribution in [3.05, 3.63) is 46.0 Å². The first-order chi connectivity index (χ1) is 9.49. The van der Waals surface area contributed by atoms with Crippen molar-refractivity contribution in [2.24, 2.45) is 0 Å². The minimum atomic E-state index is 0.343. The molecule has 0 spiro atoms. The molecule has 1 aromatic rings. The van der Waals surface area contributed by atoms with Gasteiger partial charge >= 0.3 is 0 Å². The van der Waals surface area contributed by atoms with Crippen molar-refractivity contribution in [2.75, 3.05) is 26.2 Å². The van der Waals surface area contributed by atoms with Crippen molar-refractivity contribution >= 4 is 0 Å². The summed E-state index contributed by atoms with van der Waals surface area (Å²) in [7, 11) is 0. The topological polar surface area (TPSA) is 15.3 Å². The SMILES string of the molecule is C=C[C@@H](c1c(C)c(C)c(C)c(C)c1C)N1CCNCC1. The third kappa shape index (κ3) is 2.55. The molecule has 0 saturated carbocycles. The van der Waals surface area contributed by atoms with Crippen LogP contribution in [0, 0.1) is 34.6 Å². The van der Waals surface area contributed by atoms with E-state index in [0.717, 1.165) is 26.2 Å². The Morgan fingerprint density at radius 2 is 1.35 bits per heavy atom. The van der Waals surface area contributed by atoms with Gasteiger partial charge in [0.05, 0.1) is 6.04 Å². The van der Waals surface area contributed by atoms with Crippen LogP contribution in [0.25, 0.3) is 0 Å². The Morgan fingerprint density at radius 3 is 1.80 bits per heavy atom. The number of hydrogen-bond donors (Lipinski definition) is 1. The summed E-state index contributed by atoms with van der Waals surface area (Å²) in [5.74, 6) is 0. The number of piperazine rings is 1. The number of hydrogen-bond acceptors (Lipinski definition) is 2. The third-order valence-corrected chi connectivity index (χ3v) is 5.12.